The molecule has 2 fully saturated rings. The molecule has 8 heteroatoms. The number of anilines is 1. The van der Waals surface area contributed by atoms with Gasteiger partial charge in [-0.3, -0.25) is 14.5 Å². The van der Waals surface area contributed by atoms with Crippen LogP contribution in [0.1, 0.15) is 24.0 Å². The number of rotatable bonds is 5. The maximum atomic E-state index is 13.5. The van der Waals surface area contributed by atoms with Gasteiger partial charge in [-0.15, -0.1) is 0 Å². The molecule has 2 aromatic rings. The van der Waals surface area contributed by atoms with E-state index in [-0.39, 0.29) is 17.9 Å². The number of hydrogen-bond acceptors (Lipinski definition) is 7. The van der Waals surface area contributed by atoms with Gasteiger partial charge in [0, 0.05) is 45.2 Å². The van der Waals surface area contributed by atoms with Crippen molar-refractivity contribution >= 4 is 23.3 Å². The van der Waals surface area contributed by atoms with E-state index < -0.39 is 0 Å². The minimum Gasteiger partial charge on any atom is -0.376 e. The van der Waals surface area contributed by atoms with Crippen LogP contribution >= 0.6 is 0 Å². The second-order valence-corrected chi connectivity index (χ2v) is 8.47. The highest BCUT2D eigenvalue weighted by Crippen LogP contribution is 2.33. The lowest BCUT2D eigenvalue weighted by atomic mass is 10.0. The van der Waals surface area contributed by atoms with E-state index >= 15 is 0 Å². The van der Waals surface area contributed by atoms with Gasteiger partial charge in [-0.05, 0) is 31.4 Å². The fourth-order valence-corrected chi connectivity index (χ4v) is 4.58. The first-order valence-corrected chi connectivity index (χ1v) is 11.2. The summed E-state index contributed by atoms with van der Waals surface area (Å²) in [6.07, 6.45) is 5.23. The SMILES string of the molecule is Cc1ccc(C2=C(N3CCN(c4ncccn4)CC3)C(=O)N(CC3CCCO3)C2=O)cc1. The van der Waals surface area contributed by atoms with Gasteiger partial charge in [0.1, 0.15) is 5.70 Å². The molecule has 8 nitrogen and oxygen atoms in total. The first-order chi connectivity index (χ1) is 15.6. The number of imide groups is 1. The summed E-state index contributed by atoms with van der Waals surface area (Å²) in [6, 6.07) is 9.61. The monoisotopic (exact) mass is 433 g/mol. The summed E-state index contributed by atoms with van der Waals surface area (Å²) in [5, 5.41) is 0. The number of nitrogens with zero attached hydrogens (tertiary/aromatic N) is 5. The molecule has 166 valence electrons. The van der Waals surface area contributed by atoms with Crippen LogP contribution in [0.5, 0.6) is 0 Å². The van der Waals surface area contributed by atoms with Gasteiger partial charge < -0.3 is 14.5 Å². The van der Waals surface area contributed by atoms with Crippen molar-refractivity contribution in [1.82, 2.24) is 19.8 Å². The quantitative estimate of drug-likeness (QED) is 0.666. The van der Waals surface area contributed by atoms with Crippen molar-refractivity contribution < 1.29 is 14.3 Å². The van der Waals surface area contributed by atoms with E-state index in [0.717, 1.165) is 24.0 Å². The molecule has 1 aromatic heterocycles. The lowest BCUT2D eigenvalue weighted by molar-refractivity contribution is -0.139. The van der Waals surface area contributed by atoms with E-state index in [4.69, 9.17) is 4.74 Å². The highest BCUT2D eigenvalue weighted by atomic mass is 16.5. The number of ether oxygens (including phenoxy) is 1. The summed E-state index contributed by atoms with van der Waals surface area (Å²) >= 11 is 0. The largest absolute Gasteiger partial charge is 0.376 e. The molecule has 3 aliphatic rings. The molecule has 0 radical (unpaired) electrons. The first kappa shape index (κ1) is 20.6. The number of carbonyl (C=O) groups excluding carboxylic acids is 2. The maximum Gasteiger partial charge on any atom is 0.277 e. The molecule has 0 bridgehead atoms. The van der Waals surface area contributed by atoms with Gasteiger partial charge in [0.05, 0.1) is 18.2 Å². The van der Waals surface area contributed by atoms with Crippen LogP contribution in [-0.4, -0.2) is 77.0 Å². The zero-order valence-corrected chi connectivity index (χ0v) is 18.2. The minimum absolute atomic E-state index is 0.0754. The topological polar surface area (TPSA) is 78.9 Å². The third-order valence-electron chi connectivity index (χ3n) is 6.32. The Morgan fingerprint density at radius 1 is 0.969 bits per heavy atom. The van der Waals surface area contributed by atoms with E-state index in [0.29, 0.717) is 56.5 Å². The van der Waals surface area contributed by atoms with Crippen LogP contribution in [0.15, 0.2) is 48.4 Å². The van der Waals surface area contributed by atoms with Gasteiger partial charge in [-0.1, -0.05) is 29.8 Å². The molecule has 1 aromatic carbocycles. The Labute approximate surface area is 187 Å². The molecule has 32 heavy (non-hydrogen) atoms. The predicted octanol–water partition coefficient (Wildman–Crippen LogP) is 1.87. The average Bonchev–Trinajstić information content (AvgIpc) is 3.43. The number of carbonyl (C=O) groups is 2. The normalized spacial score (nSPS) is 21.8. The fraction of sp³-hybridized carbons (Fsp3) is 0.417. The summed E-state index contributed by atoms with van der Waals surface area (Å²) in [5.41, 5.74) is 2.90. The van der Waals surface area contributed by atoms with Crippen LogP contribution < -0.4 is 4.90 Å². The second kappa shape index (κ2) is 8.70. The van der Waals surface area contributed by atoms with E-state index in [1.165, 1.54) is 4.90 Å². The molecule has 4 heterocycles. The lowest BCUT2D eigenvalue weighted by Gasteiger charge is -2.36. The third-order valence-corrected chi connectivity index (χ3v) is 6.32. The fourth-order valence-electron chi connectivity index (χ4n) is 4.58. The molecular formula is C24H27N5O3. The Kier molecular flexibility index (Phi) is 5.61. The Morgan fingerprint density at radius 3 is 2.31 bits per heavy atom. The van der Waals surface area contributed by atoms with Crippen molar-refractivity contribution in [3.05, 3.63) is 59.5 Å². The second-order valence-electron chi connectivity index (χ2n) is 8.47. The van der Waals surface area contributed by atoms with Crippen LogP contribution in [0, 0.1) is 6.92 Å². The van der Waals surface area contributed by atoms with Gasteiger partial charge in [0.15, 0.2) is 0 Å². The van der Waals surface area contributed by atoms with Crippen LogP contribution in [0.4, 0.5) is 5.95 Å². The van der Waals surface area contributed by atoms with E-state index in [2.05, 4.69) is 14.9 Å². The number of piperazine rings is 1. The average molecular weight is 434 g/mol. The molecule has 2 saturated heterocycles. The highest BCUT2D eigenvalue weighted by molar-refractivity contribution is 6.35. The first-order valence-electron chi connectivity index (χ1n) is 11.2. The summed E-state index contributed by atoms with van der Waals surface area (Å²) < 4.78 is 5.71. The molecule has 1 unspecified atom stereocenters. The Hall–Kier alpha value is -3.26. The van der Waals surface area contributed by atoms with Crippen LogP contribution in [0.2, 0.25) is 0 Å². The lowest BCUT2D eigenvalue weighted by Crippen LogP contribution is -2.48. The van der Waals surface area contributed by atoms with Gasteiger partial charge in [-0.25, -0.2) is 9.97 Å². The van der Waals surface area contributed by atoms with Gasteiger partial charge in [0.2, 0.25) is 5.95 Å². The molecule has 0 saturated carbocycles. The van der Waals surface area contributed by atoms with Crippen molar-refractivity contribution in [3.8, 4) is 0 Å². The summed E-state index contributed by atoms with van der Waals surface area (Å²) in [4.78, 5) is 41.2. The Balaban J connectivity index is 1.43. The van der Waals surface area contributed by atoms with Crippen molar-refractivity contribution in [2.24, 2.45) is 0 Å². The molecular weight excluding hydrogens is 406 g/mol. The highest BCUT2D eigenvalue weighted by Gasteiger charge is 2.43. The van der Waals surface area contributed by atoms with Crippen LogP contribution in [-0.2, 0) is 14.3 Å². The molecule has 2 amide bonds. The van der Waals surface area contributed by atoms with Crippen molar-refractivity contribution in [2.45, 2.75) is 25.9 Å². The maximum absolute atomic E-state index is 13.5. The van der Waals surface area contributed by atoms with Crippen LogP contribution in [0.25, 0.3) is 5.57 Å². The van der Waals surface area contributed by atoms with Gasteiger partial charge in [-0.2, -0.15) is 0 Å². The van der Waals surface area contributed by atoms with Crippen molar-refractivity contribution in [3.63, 3.8) is 0 Å². The van der Waals surface area contributed by atoms with Crippen LogP contribution in [0.3, 0.4) is 0 Å². The Morgan fingerprint density at radius 2 is 1.66 bits per heavy atom. The standard InChI is InChI=1S/C24H27N5O3/c1-17-5-7-18(8-6-17)20-21(23(31)29(22(20)30)16-19-4-2-15-32-19)27-11-13-28(14-12-27)24-25-9-3-10-26-24/h3,5-10,19H,2,4,11-16H2,1H3. The number of aryl methyl sites for hydroxylation is 1. The van der Waals surface area contributed by atoms with Crippen molar-refractivity contribution in [1.29, 1.82) is 0 Å². The smallest absolute Gasteiger partial charge is 0.277 e. The van der Waals surface area contributed by atoms with E-state index in [1.807, 2.05) is 36.1 Å². The Bertz CT molecular complexity index is 1020. The van der Waals surface area contributed by atoms with Crippen molar-refractivity contribution in [2.75, 3.05) is 44.2 Å². The molecule has 1 atom stereocenters. The molecule has 0 aliphatic carbocycles. The van der Waals surface area contributed by atoms with E-state index in [9.17, 15) is 9.59 Å². The van der Waals surface area contributed by atoms with E-state index in [1.54, 1.807) is 18.5 Å². The number of hydrogen-bond donors (Lipinski definition) is 0. The molecule has 5 rings (SSSR count). The summed E-state index contributed by atoms with van der Waals surface area (Å²) in [7, 11) is 0. The molecule has 3 aliphatic heterocycles. The zero-order valence-electron chi connectivity index (χ0n) is 18.2. The number of aromatic nitrogens is 2. The van der Waals surface area contributed by atoms with Gasteiger partial charge in [0.25, 0.3) is 11.8 Å². The molecule has 0 N–H and O–H groups in total. The third kappa shape index (κ3) is 3.86. The zero-order chi connectivity index (χ0) is 22.1. The van der Waals surface area contributed by atoms with Gasteiger partial charge >= 0.3 is 0 Å². The minimum atomic E-state index is -0.224. The predicted molar refractivity (Wildman–Crippen MR) is 120 cm³/mol. The number of benzene rings is 1. The number of amides is 2. The molecule has 0 spiro atoms. The summed E-state index contributed by atoms with van der Waals surface area (Å²) in [6.45, 7) is 5.62. The summed E-state index contributed by atoms with van der Waals surface area (Å²) in [5.74, 6) is 0.248.